The fourth-order valence-corrected chi connectivity index (χ4v) is 3.00. The highest BCUT2D eigenvalue weighted by atomic mass is 19.1. The SMILES string of the molecule is CCCCCCCCCCCC(F)CCC(O)C[n+]1cccnc1. The summed E-state index contributed by atoms with van der Waals surface area (Å²) in [4.78, 5) is 4.00. The zero-order chi connectivity index (χ0) is 17.5. The number of unbranched alkanes of at least 4 members (excludes halogenated alkanes) is 8. The quantitative estimate of drug-likeness (QED) is 0.369. The maximum absolute atomic E-state index is 13.9. The van der Waals surface area contributed by atoms with E-state index in [4.69, 9.17) is 0 Å². The third kappa shape index (κ3) is 11.5. The molecule has 1 aromatic rings. The molecule has 0 amide bonds. The van der Waals surface area contributed by atoms with Crippen molar-refractivity contribution >= 4 is 0 Å². The van der Waals surface area contributed by atoms with Gasteiger partial charge >= 0.3 is 0 Å². The van der Waals surface area contributed by atoms with Gasteiger partial charge in [-0.05, 0) is 19.3 Å². The van der Waals surface area contributed by atoms with E-state index in [0.29, 0.717) is 25.8 Å². The molecule has 3 nitrogen and oxygen atoms in total. The predicted molar refractivity (Wildman–Crippen MR) is 96.4 cm³/mol. The lowest BCUT2D eigenvalue weighted by Gasteiger charge is -2.12. The molecule has 24 heavy (non-hydrogen) atoms. The normalized spacial score (nSPS) is 13.8. The molecular weight excluding hydrogens is 303 g/mol. The number of rotatable bonds is 15. The van der Waals surface area contributed by atoms with Crippen LogP contribution in [0.4, 0.5) is 4.39 Å². The lowest BCUT2D eigenvalue weighted by Crippen LogP contribution is -2.39. The van der Waals surface area contributed by atoms with Crippen LogP contribution in [-0.2, 0) is 6.54 Å². The van der Waals surface area contributed by atoms with E-state index in [1.807, 2.05) is 16.8 Å². The fourth-order valence-electron chi connectivity index (χ4n) is 3.00. The van der Waals surface area contributed by atoms with Gasteiger partial charge in [-0.2, -0.15) is 0 Å². The van der Waals surface area contributed by atoms with Gasteiger partial charge in [-0.15, -0.1) is 0 Å². The van der Waals surface area contributed by atoms with Crippen LogP contribution in [-0.4, -0.2) is 22.4 Å². The van der Waals surface area contributed by atoms with Gasteiger partial charge in [0.15, 0.2) is 0 Å². The monoisotopic (exact) mass is 339 g/mol. The Balaban J connectivity index is 1.93. The minimum absolute atomic E-state index is 0.457. The number of aliphatic hydroxyl groups excluding tert-OH is 1. The summed E-state index contributed by atoms with van der Waals surface area (Å²) in [5.74, 6) is 0. The van der Waals surface area contributed by atoms with Crippen molar-refractivity contribution in [2.75, 3.05) is 0 Å². The van der Waals surface area contributed by atoms with Gasteiger partial charge in [0.25, 0.3) is 6.33 Å². The summed E-state index contributed by atoms with van der Waals surface area (Å²) < 4.78 is 15.7. The Bertz CT molecular complexity index is 388. The van der Waals surface area contributed by atoms with Crippen molar-refractivity contribution in [3.8, 4) is 0 Å². The van der Waals surface area contributed by atoms with E-state index >= 15 is 0 Å². The minimum atomic E-state index is -0.775. The molecular formula is C20H36FN2O+. The summed E-state index contributed by atoms with van der Waals surface area (Å²) in [6.07, 6.45) is 16.9. The van der Waals surface area contributed by atoms with E-state index in [1.165, 1.54) is 44.9 Å². The van der Waals surface area contributed by atoms with Gasteiger partial charge in [0.05, 0.1) is 12.3 Å². The number of aliphatic hydroxyl groups is 1. The standard InChI is InChI=1S/C20H36FN2O/c1-2-3-4-5-6-7-8-9-10-12-19(21)13-14-20(24)17-23-16-11-15-22-18-23/h11,15-16,18-20,24H,2-10,12-14,17H2,1H3/q+1. The van der Waals surface area contributed by atoms with Crippen molar-refractivity contribution in [3.63, 3.8) is 0 Å². The maximum atomic E-state index is 13.9. The number of nitrogens with zero attached hydrogens (tertiary/aromatic N) is 2. The molecule has 2 atom stereocenters. The smallest absolute Gasteiger partial charge is 0.286 e. The second-order valence-corrected chi connectivity index (χ2v) is 6.90. The van der Waals surface area contributed by atoms with Crippen molar-refractivity contribution in [1.82, 2.24) is 4.98 Å². The Morgan fingerprint density at radius 1 is 0.958 bits per heavy atom. The first kappa shape index (κ1) is 21.0. The molecule has 0 bridgehead atoms. The molecule has 0 radical (unpaired) electrons. The molecule has 0 fully saturated rings. The van der Waals surface area contributed by atoms with Gasteiger partial charge in [0, 0.05) is 6.07 Å². The summed E-state index contributed by atoms with van der Waals surface area (Å²) >= 11 is 0. The molecule has 0 aliphatic rings. The molecule has 2 unspecified atom stereocenters. The van der Waals surface area contributed by atoms with Crippen LogP contribution >= 0.6 is 0 Å². The van der Waals surface area contributed by atoms with Crippen LogP contribution in [0.3, 0.4) is 0 Å². The Hall–Kier alpha value is -1.03. The van der Waals surface area contributed by atoms with Gasteiger partial charge in [-0.25, -0.2) is 8.96 Å². The maximum Gasteiger partial charge on any atom is 0.286 e. The minimum Gasteiger partial charge on any atom is -0.389 e. The second-order valence-electron chi connectivity index (χ2n) is 6.90. The highest BCUT2D eigenvalue weighted by molar-refractivity contribution is 4.69. The fraction of sp³-hybridized carbons (Fsp3) is 0.800. The summed E-state index contributed by atoms with van der Waals surface area (Å²) in [5, 5.41) is 9.97. The molecule has 0 aliphatic carbocycles. The van der Waals surface area contributed by atoms with Crippen LogP contribution in [0.5, 0.6) is 0 Å². The summed E-state index contributed by atoms with van der Waals surface area (Å²) in [6.45, 7) is 2.72. The zero-order valence-corrected chi connectivity index (χ0v) is 15.4. The highest BCUT2D eigenvalue weighted by Gasteiger charge is 2.13. The first-order chi connectivity index (χ1) is 11.7. The highest BCUT2D eigenvalue weighted by Crippen LogP contribution is 2.15. The summed E-state index contributed by atoms with van der Waals surface area (Å²) in [7, 11) is 0. The molecule has 0 saturated carbocycles. The molecule has 1 rings (SSSR count). The zero-order valence-electron chi connectivity index (χ0n) is 15.4. The van der Waals surface area contributed by atoms with E-state index in [0.717, 1.165) is 12.8 Å². The number of hydrogen-bond donors (Lipinski definition) is 1. The molecule has 138 valence electrons. The van der Waals surface area contributed by atoms with Crippen molar-refractivity contribution in [2.24, 2.45) is 0 Å². The van der Waals surface area contributed by atoms with E-state index in [9.17, 15) is 9.50 Å². The largest absolute Gasteiger partial charge is 0.389 e. The van der Waals surface area contributed by atoms with Gasteiger partial charge < -0.3 is 5.11 Å². The Morgan fingerprint density at radius 3 is 2.25 bits per heavy atom. The number of alkyl halides is 1. The first-order valence-corrected chi connectivity index (χ1v) is 9.83. The van der Waals surface area contributed by atoms with Crippen molar-refractivity contribution < 1.29 is 14.1 Å². The third-order valence-electron chi connectivity index (χ3n) is 4.52. The molecule has 0 spiro atoms. The van der Waals surface area contributed by atoms with Crippen molar-refractivity contribution in [1.29, 1.82) is 0 Å². The average Bonchev–Trinajstić information content (AvgIpc) is 2.59. The first-order valence-electron chi connectivity index (χ1n) is 9.83. The van der Waals surface area contributed by atoms with Crippen molar-refractivity contribution in [3.05, 3.63) is 24.8 Å². The summed E-state index contributed by atoms with van der Waals surface area (Å²) in [6, 6.07) is 1.83. The number of halogens is 1. The van der Waals surface area contributed by atoms with Gasteiger partial charge in [-0.1, -0.05) is 69.7 Å². The van der Waals surface area contributed by atoms with Crippen molar-refractivity contribution in [2.45, 2.75) is 103 Å². The summed E-state index contributed by atoms with van der Waals surface area (Å²) in [5.41, 5.74) is 0. The molecule has 4 heteroatoms. The number of aromatic nitrogens is 2. The van der Waals surface area contributed by atoms with Gasteiger partial charge in [-0.3, -0.25) is 0 Å². The molecule has 1 heterocycles. The van der Waals surface area contributed by atoms with Crippen LogP contribution in [0.25, 0.3) is 0 Å². The Kier molecular flexibility index (Phi) is 12.5. The van der Waals surface area contributed by atoms with Crippen LogP contribution < -0.4 is 4.57 Å². The Morgan fingerprint density at radius 2 is 1.62 bits per heavy atom. The number of hydrogen-bond acceptors (Lipinski definition) is 2. The van der Waals surface area contributed by atoms with E-state index in [2.05, 4.69) is 11.9 Å². The van der Waals surface area contributed by atoms with E-state index in [-0.39, 0.29) is 0 Å². The van der Waals surface area contributed by atoms with Crippen LogP contribution in [0.15, 0.2) is 24.8 Å². The Labute approximate surface area is 147 Å². The molecule has 0 saturated heterocycles. The lowest BCUT2D eigenvalue weighted by atomic mass is 10.0. The van der Waals surface area contributed by atoms with Crippen LogP contribution in [0.1, 0.15) is 84.0 Å². The topological polar surface area (TPSA) is 37.0 Å². The predicted octanol–water partition coefficient (Wildman–Crippen LogP) is 4.77. The molecule has 0 aliphatic heterocycles. The second kappa shape index (κ2) is 14.3. The van der Waals surface area contributed by atoms with E-state index in [1.54, 1.807) is 12.5 Å². The van der Waals surface area contributed by atoms with Crippen LogP contribution in [0, 0.1) is 0 Å². The molecule has 1 aromatic heterocycles. The molecule has 1 N–H and O–H groups in total. The van der Waals surface area contributed by atoms with E-state index < -0.39 is 12.3 Å². The van der Waals surface area contributed by atoms with Gasteiger partial charge in [0.2, 0.25) is 0 Å². The van der Waals surface area contributed by atoms with Gasteiger partial charge in [0.1, 0.15) is 18.9 Å². The van der Waals surface area contributed by atoms with Crippen LogP contribution in [0.2, 0.25) is 0 Å². The lowest BCUT2D eigenvalue weighted by molar-refractivity contribution is -0.706. The average molecular weight is 340 g/mol. The molecule has 0 aromatic carbocycles. The third-order valence-corrected chi connectivity index (χ3v) is 4.52.